The fraction of sp³-hybridized carbons (Fsp3) is 0.0455. The number of hydrogen-bond donors (Lipinski definition) is 2. The largest absolute Gasteiger partial charge is 0.478 e. The van der Waals surface area contributed by atoms with Crippen LogP contribution in [0.25, 0.3) is 21.5 Å². The van der Waals surface area contributed by atoms with Crippen LogP contribution in [0.2, 0.25) is 0 Å². The van der Waals surface area contributed by atoms with E-state index in [2.05, 4.69) is 0 Å². The molecule has 27 heavy (non-hydrogen) atoms. The lowest BCUT2D eigenvalue weighted by molar-refractivity contribution is 0.0699. The topological polar surface area (TPSA) is 74.6 Å². The number of rotatable bonds is 4. The fourth-order valence-corrected chi connectivity index (χ4v) is 4.91. The Kier molecular flexibility index (Phi) is 4.48. The third-order valence-electron chi connectivity index (χ3n) is 4.62. The second-order valence-electron chi connectivity index (χ2n) is 6.16. The molecule has 0 fully saturated rings. The highest BCUT2D eigenvalue weighted by atomic mass is 32.2. The van der Waals surface area contributed by atoms with Crippen LogP contribution in [0, 0.1) is 0 Å². The molecule has 4 aromatic carbocycles. The van der Waals surface area contributed by atoms with Gasteiger partial charge < -0.3 is 10.2 Å². The zero-order chi connectivity index (χ0) is 19.0. The first-order valence-corrected chi connectivity index (χ1v) is 9.55. The van der Waals surface area contributed by atoms with Crippen molar-refractivity contribution in [1.29, 1.82) is 0 Å². The van der Waals surface area contributed by atoms with Gasteiger partial charge in [0.15, 0.2) is 0 Å². The van der Waals surface area contributed by atoms with Crippen LogP contribution in [0.1, 0.15) is 15.9 Å². The number of fused-ring (bicyclic) bond motifs is 2. The molecule has 1 unspecified atom stereocenters. The molecule has 134 valence electrons. The number of aliphatic hydroxyl groups is 1. The van der Waals surface area contributed by atoms with Crippen LogP contribution >= 0.6 is 0 Å². The summed E-state index contributed by atoms with van der Waals surface area (Å²) in [5.41, 5.74) is 0.814. The van der Waals surface area contributed by atoms with Gasteiger partial charge in [-0.05, 0) is 34.5 Å². The van der Waals surface area contributed by atoms with E-state index in [1.807, 2.05) is 36.4 Å². The Hall–Kier alpha value is -3.02. The summed E-state index contributed by atoms with van der Waals surface area (Å²) in [6, 6.07) is 21.3. The van der Waals surface area contributed by atoms with Crippen molar-refractivity contribution in [2.24, 2.45) is 0 Å². The van der Waals surface area contributed by atoms with Crippen LogP contribution in [0.3, 0.4) is 0 Å². The standard InChI is InChI=1S/C22H16O4S/c23-13-16-9-1-5-14-7-3-11-18(20(14)16)27(26)19-12-4-8-15-6-2-10-17(21(15)19)22(24)25/h1-12,23H,13H2,(H,24,25). The minimum absolute atomic E-state index is 0.124. The van der Waals surface area contributed by atoms with Crippen LogP contribution in [0.4, 0.5) is 0 Å². The lowest BCUT2D eigenvalue weighted by atomic mass is 10.0. The first kappa shape index (κ1) is 17.4. The molecule has 0 heterocycles. The van der Waals surface area contributed by atoms with Gasteiger partial charge in [0, 0.05) is 10.8 Å². The second-order valence-corrected chi connectivity index (χ2v) is 7.58. The third kappa shape index (κ3) is 2.91. The Morgan fingerprint density at radius 1 is 0.778 bits per heavy atom. The molecular formula is C22H16O4S. The van der Waals surface area contributed by atoms with E-state index in [0.717, 1.165) is 16.2 Å². The van der Waals surface area contributed by atoms with Gasteiger partial charge in [-0.2, -0.15) is 0 Å². The molecule has 0 radical (unpaired) electrons. The molecule has 0 spiro atoms. The maximum absolute atomic E-state index is 13.6. The van der Waals surface area contributed by atoms with Gasteiger partial charge in [-0.3, -0.25) is 0 Å². The van der Waals surface area contributed by atoms with E-state index in [-0.39, 0.29) is 12.2 Å². The Bertz CT molecular complexity index is 1200. The molecule has 0 amide bonds. The molecule has 4 nitrogen and oxygen atoms in total. The molecule has 0 aromatic heterocycles. The van der Waals surface area contributed by atoms with Gasteiger partial charge in [-0.15, -0.1) is 0 Å². The van der Waals surface area contributed by atoms with Crippen molar-refractivity contribution in [1.82, 2.24) is 0 Å². The highest BCUT2D eigenvalue weighted by Crippen LogP contribution is 2.33. The molecule has 0 saturated heterocycles. The highest BCUT2D eigenvalue weighted by molar-refractivity contribution is 7.85. The predicted octanol–water partition coefficient (Wildman–Crippen LogP) is 4.35. The van der Waals surface area contributed by atoms with E-state index >= 15 is 0 Å². The Morgan fingerprint density at radius 2 is 1.30 bits per heavy atom. The number of carboxylic acid groups (broad SMARTS) is 1. The number of carbonyl (C=O) groups is 1. The second kappa shape index (κ2) is 6.95. The van der Waals surface area contributed by atoms with Crippen LogP contribution in [0.15, 0.2) is 82.6 Å². The summed E-state index contributed by atoms with van der Waals surface area (Å²) in [5, 5.41) is 22.1. The third-order valence-corrected chi connectivity index (χ3v) is 6.10. The average molecular weight is 376 g/mol. The number of hydrogen-bond acceptors (Lipinski definition) is 3. The van der Waals surface area contributed by atoms with Gasteiger partial charge in [0.2, 0.25) is 0 Å². The first-order chi connectivity index (χ1) is 13.1. The summed E-state index contributed by atoms with van der Waals surface area (Å²) in [6.45, 7) is -0.165. The average Bonchev–Trinajstić information content (AvgIpc) is 2.71. The summed E-state index contributed by atoms with van der Waals surface area (Å²) < 4.78 is 13.6. The summed E-state index contributed by atoms with van der Waals surface area (Å²) in [7, 11) is -1.61. The lowest BCUT2D eigenvalue weighted by Crippen LogP contribution is -2.02. The maximum Gasteiger partial charge on any atom is 0.336 e. The van der Waals surface area contributed by atoms with Gasteiger partial charge in [-0.1, -0.05) is 54.6 Å². The molecule has 4 rings (SSSR count). The minimum atomic E-state index is -1.61. The van der Waals surface area contributed by atoms with Crippen molar-refractivity contribution >= 4 is 38.3 Å². The summed E-state index contributed by atoms with van der Waals surface area (Å²) in [5.74, 6) is -1.06. The van der Waals surface area contributed by atoms with Crippen molar-refractivity contribution in [2.75, 3.05) is 0 Å². The Morgan fingerprint density at radius 3 is 1.89 bits per heavy atom. The van der Waals surface area contributed by atoms with E-state index in [0.29, 0.717) is 20.7 Å². The number of aliphatic hydroxyl groups excluding tert-OH is 1. The molecule has 0 aliphatic rings. The Labute approximate surface area is 158 Å². The van der Waals surface area contributed by atoms with Crippen LogP contribution in [-0.2, 0) is 17.4 Å². The van der Waals surface area contributed by atoms with Crippen LogP contribution in [0.5, 0.6) is 0 Å². The van der Waals surface area contributed by atoms with Gasteiger partial charge in [0.25, 0.3) is 0 Å². The molecule has 0 saturated carbocycles. The number of benzene rings is 4. The highest BCUT2D eigenvalue weighted by Gasteiger charge is 2.19. The fourth-order valence-electron chi connectivity index (χ4n) is 3.43. The maximum atomic E-state index is 13.6. The summed E-state index contributed by atoms with van der Waals surface area (Å²) in [6.07, 6.45) is 0. The molecule has 1 atom stereocenters. The smallest absolute Gasteiger partial charge is 0.336 e. The van der Waals surface area contributed by atoms with E-state index in [1.54, 1.807) is 30.3 Å². The van der Waals surface area contributed by atoms with Crippen molar-refractivity contribution < 1.29 is 19.2 Å². The predicted molar refractivity (Wildman–Crippen MR) is 105 cm³/mol. The summed E-state index contributed by atoms with van der Waals surface area (Å²) in [4.78, 5) is 12.7. The zero-order valence-corrected chi connectivity index (χ0v) is 15.1. The van der Waals surface area contributed by atoms with E-state index < -0.39 is 16.8 Å². The van der Waals surface area contributed by atoms with Gasteiger partial charge in [0.1, 0.15) is 0 Å². The molecule has 0 aliphatic carbocycles. The van der Waals surface area contributed by atoms with Gasteiger partial charge in [0.05, 0.1) is 32.8 Å². The normalized spacial score (nSPS) is 12.3. The minimum Gasteiger partial charge on any atom is -0.478 e. The van der Waals surface area contributed by atoms with E-state index in [4.69, 9.17) is 0 Å². The van der Waals surface area contributed by atoms with Crippen molar-refractivity contribution in [3.05, 3.63) is 83.9 Å². The Balaban J connectivity index is 2.03. The van der Waals surface area contributed by atoms with Crippen molar-refractivity contribution in [2.45, 2.75) is 16.4 Å². The van der Waals surface area contributed by atoms with Gasteiger partial charge >= 0.3 is 5.97 Å². The quantitative estimate of drug-likeness (QED) is 0.555. The van der Waals surface area contributed by atoms with Crippen molar-refractivity contribution in [3.63, 3.8) is 0 Å². The monoisotopic (exact) mass is 376 g/mol. The first-order valence-electron chi connectivity index (χ1n) is 8.40. The van der Waals surface area contributed by atoms with Gasteiger partial charge in [-0.25, -0.2) is 9.00 Å². The lowest BCUT2D eigenvalue weighted by Gasteiger charge is -2.13. The molecule has 4 aromatic rings. The van der Waals surface area contributed by atoms with Crippen LogP contribution < -0.4 is 0 Å². The SMILES string of the molecule is O=C(O)c1cccc2cccc(S(=O)c3cccc4cccc(CO)c34)c12. The number of aromatic carboxylic acids is 1. The summed E-state index contributed by atoms with van der Waals surface area (Å²) >= 11 is 0. The zero-order valence-electron chi connectivity index (χ0n) is 14.3. The molecular weight excluding hydrogens is 360 g/mol. The molecule has 2 N–H and O–H groups in total. The van der Waals surface area contributed by atoms with Crippen LogP contribution in [-0.4, -0.2) is 20.4 Å². The molecule has 5 heteroatoms. The molecule has 0 aliphatic heterocycles. The number of carboxylic acids is 1. The van der Waals surface area contributed by atoms with Crippen molar-refractivity contribution in [3.8, 4) is 0 Å². The van der Waals surface area contributed by atoms with E-state index in [9.17, 15) is 19.2 Å². The molecule has 0 bridgehead atoms. The van der Waals surface area contributed by atoms with E-state index in [1.165, 1.54) is 6.07 Å².